The molecule has 90 valence electrons. The minimum absolute atomic E-state index is 0.140. The molecule has 0 fully saturated rings. The van der Waals surface area contributed by atoms with Gasteiger partial charge in [-0.1, -0.05) is 0 Å². The van der Waals surface area contributed by atoms with Gasteiger partial charge in [0.2, 0.25) is 6.79 Å². The molecule has 4 rings (SSSR count). The Bertz CT molecular complexity index is 795. The third-order valence-electron chi connectivity index (χ3n) is 3.12. The number of ether oxygens (including phenoxy) is 2. The maximum absolute atomic E-state index is 13.8. The van der Waals surface area contributed by atoms with Gasteiger partial charge in [-0.2, -0.15) is 0 Å². The van der Waals surface area contributed by atoms with Gasteiger partial charge in [-0.3, -0.25) is 0 Å². The fourth-order valence-corrected chi connectivity index (χ4v) is 2.39. The minimum Gasteiger partial charge on any atom is -0.454 e. The van der Waals surface area contributed by atoms with Gasteiger partial charge < -0.3 is 14.5 Å². The minimum atomic E-state index is -0.611. The van der Waals surface area contributed by atoms with Gasteiger partial charge >= 0.3 is 0 Å². The number of hydrogen-bond donors (Lipinski definition) is 1. The van der Waals surface area contributed by atoms with E-state index in [1.54, 1.807) is 12.1 Å². The van der Waals surface area contributed by atoms with Crippen LogP contribution in [0, 0.1) is 11.6 Å². The first-order chi connectivity index (χ1) is 8.74. The molecule has 1 aliphatic rings. The number of aromatic nitrogens is 1. The number of fused-ring (bicyclic) bond motifs is 5. The Labute approximate surface area is 99.9 Å². The topological polar surface area (TPSA) is 34.2 Å². The fourth-order valence-electron chi connectivity index (χ4n) is 2.39. The lowest BCUT2D eigenvalue weighted by atomic mass is 10.1. The van der Waals surface area contributed by atoms with E-state index >= 15 is 0 Å². The van der Waals surface area contributed by atoms with Crippen LogP contribution in [0.5, 0.6) is 11.5 Å². The van der Waals surface area contributed by atoms with Crippen molar-refractivity contribution in [3.63, 3.8) is 0 Å². The maximum atomic E-state index is 13.8. The van der Waals surface area contributed by atoms with Crippen molar-refractivity contribution in [1.82, 2.24) is 4.98 Å². The summed E-state index contributed by atoms with van der Waals surface area (Å²) in [5.41, 5.74) is 1.04. The monoisotopic (exact) mass is 247 g/mol. The molecule has 1 N–H and O–H groups in total. The second-order valence-electron chi connectivity index (χ2n) is 4.16. The van der Waals surface area contributed by atoms with E-state index in [9.17, 15) is 8.78 Å². The number of halogens is 2. The molecule has 5 heteroatoms. The van der Waals surface area contributed by atoms with Gasteiger partial charge in [-0.05, 0) is 18.2 Å². The van der Waals surface area contributed by atoms with Crippen molar-refractivity contribution in [2.45, 2.75) is 0 Å². The van der Waals surface area contributed by atoms with E-state index in [-0.39, 0.29) is 6.79 Å². The molecule has 1 aliphatic heterocycles. The summed E-state index contributed by atoms with van der Waals surface area (Å²) in [5.74, 6) is -0.0473. The standard InChI is InChI=1S/C13H7F2NO2/c14-6-3-8(15)11-7-1-2-10-13(18-5-17-10)12(7)16-9(11)4-6/h1-4,16H,5H2. The summed E-state index contributed by atoms with van der Waals surface area (Å²) in [7, 11) is 0. The number of benzene rings is 2. The second kappa shape index (κ2) is 3.13. The van der Waals surface area contributed by atoms with Crippen LogP contribution in [0.3, 0.4) is 0 Å². The third kappa shape index (κ3) is 1.11. The fraction of sp³-hybridized carbons (Fsp3) is 0.0769. The highest BCUT2D eigenvalue weighted by Crippen LogP contribution is 2.41. The van der Waals surface area contributed by atoms with E-state index in [4.69, 9.17) is 9.47 Å². The summed E-state index contributed by atoms with van der Waals surface area (Å²) in [5, 5.41) is 1.02. The molecule has 0 amide bonds. The normalized spacial score (nSPS) is 13.7. The van der Waals surface area contributed by atoms with E-state index in [1.807, 2.05) is 0 Å². The highest BCUT2D eigenvalue weighted by atomic mass is 19.1. The molecule has 2 aromatic carbocycles. The van der Waals surface area contributed by atoms with Crippen LogP contribution >= 0.6 is 0 Å². The lowest BCUT2D eigenvalue weighted by Gasteiger charge is -1.97. The van der Waals surface area contributed by atoms with Crippen LogP contribution in [0.4, 0.5) is 8.78 Å². The zero-order valence-electron chi connectivity index (χ0n) is 9.09. The molecular formula is C13H7F2NO2. The lowest BCUT2D eigenvalue weighted by Crippen LogP contribution is -1.93. The number of rotatable bonds is 0. The molecule has 2 heterocycles. The predicted octanol–water partition coefficient (Wildman–Crippen LogP) is 3.33. The van der Waals surface area contributed by atoms with Crippen molar-refractivity contribution >= 4 is 21.8 Å². The van der Waals surface area contributed by atoms with Gasteiger partial charge in [-0.25, -0.2) is 8.78 Å². The zero-order chi connectivity index (χ0) is 12.3. The Balaban J connectivity index is 2.22. The molecule has 0 bridgehead atoms. The number of hydrogen-bond acceptors (Lipinski definition) is 2. The van der Waals surface area contributed by atoms with Crippen LogP contribution in [0.2, 0.25) is 0 Å². The van der Waals surface area contributed by atoms with E-state index in [2.05, 4.69) is 4.98 Å². The van der Waals surface area contributed by atoms with Crippen molar-refractivity contribution in [2.75, 3.05) is 6.79 Å². The molecule has 0 saturated carbocycles. The SMILES string of the molecule is Fc1cc(F)c2c(c1)[nH]c1c3c(ccc12)OCO3. The average Bonchev–Trinajstić information content (AvgIpc) is 2.89. The smallest absolute Gasteiger partial charge is 0.231 e. The summed E-state index contributed by atoms with van der Waals surface area (Å²) >= 11 is 0. The van der Waals surface area contributed by atoms with E-state index in [0.717, 1.165) is 6.07 Å². The van der Waals surface area contributed by atoms with Crippen molar-refractivity contribution < 1.29 is 18.3 Å². The predicted molar refractivity (Wildman–Crippen MR) is 61.8 cm³/mol. The molecule has 0 aliphatic carbocycles. The van der Waals surface area contributed by atoms with Crippen molar-refractivity contribution in [2.24, 2.45) is 0 Å². The average molecular weight is 247 g/mol. The summed E-state index contributed by atoms with van der Waals surface area (Å²) in [6.07, 6.45) is 0. The van der Waals surface area contributed by atoms with Gasteiger partial charge in [0.05, 0.1) is 11.0 Å². The highest BCUT2D eigenvalue weighted by molar-refractivity contribution is 6.10. The van der Waals surface area contributed by atoms with Crippen molar-refractivity contribution in [1.29, 1.82) is 0 Å². The molecular weight excluding hydrogens is 240 g/mol. The number of nitrogens with one attached hydrogen (secondary N) is 1. The largest absolute Gasteiger partial charge is 0.454 e. The second-order valence-corrected chi connectivity index (χ2v) is 4.16. The molecule has 0 atom stereocenters. The van der Waals surface area contributed by atoms with Gasteiger partial charge in [-0.15, -0.1) is 0 Å². The Kier molecular flexibility index (Phi) is 1.69. The van der Waals surface area contributed by atoms with E-state index < -0.39 is 11.6 Å². The van der Waals surface area contributed by atoms with Crippen LogP contribution < -0.4 is 9.47 Å². The van der Waals surface area contributed by atoms with Crippen molar-refractivity contribution in [3.05, 3.63) is 35.9 Å². The Morgan fingerprint density at radius 1 is 1.11 bits per heavy atom. The maximum Gasteiger partial charge on any atom is 0.231 e. The quantitative estimate of drug-likeness (QED) is 0.661. The van der Waals surface area contributed by atoms with Gasteiger partial charge in [0.1, 0.15) is 11.6 Å². The van der Waals surface area contributed by atoms with Gasteiger partial charge in [0, 0.05) is 16.8 Å². The Hall–Kier alpha value is -2.30. The Morgan fingerprint density at radius 2 is 2.00 bits per heavy atom. The first kappa shape index (κ1) is 9.70. The van der Waals surface area contributed by atoms with Crippen LogP contribution in [0.25, 0.3) is 21.8 Å². The lowest BCUT2D eigenvalue weighted by molar-refractivity contribution is 0.174. The van der Waals surface area contributed by atoms with Gasteiger partial charge in [0.25, 0.3) is 0 Å². The molecule has 3 aromatic rings. The first-order valence-electron chi connectivity index (χ1n) is 5.43. The van der Waals surface area contributed by atoms with Crippen molar-refractivity contribution in [3.8, 4) is 11.5 Å². The summed E-state index contributed by atoms with van der Waals surface area (Å²) in [6.45, 7) is 0.140. The summed E-state index contributed by atoms with van der Waals surface area (Å²) < 4.78 is 37.6. The molecule has 0 radical (unpaired) electrons. The van der Waals surface area contributed by atoms with E-state index in [1.165, 1.54) is 6.07 Å². The molecule has 18 heavy (non-hydrogen) atoms. The molecule has 3 nitrogen and oxygen atoms in total. The molecule has 0 unspecified atom stereocenters. The first-order valence-corrected chi connectivity index (χ1v) is 5.43. The number of H-pyrrole nitrogens is 1. The van der Waals surface area contributed by atoms with Gasteiger partial charge in [0.15, 0.2) is 11.5 Å². The summed E-state index contributed by atoms with van der Waals surface area (Å²) in [6, 6.07) is 5.60. The van der Waals surface area contributed by atoms with Crippen LogP contribution in [0.15, 0.2) is 24.3 Å². The van der Waals surface area contributed by atoms with E-state index in [0.29, 0.717) is 33.3 Å². The Morgan fingerprint density at radius 3 is 2.89 bits per heavy atom. The van der Waals surface area contributed by atoms with Crippen LogP contribution in [-0.4, -0.2) is 11.8 Å². The molecule has 1 aromatic heterocycles. The third-order valence-corrected chi connectivity index (χ3v) is 3.12. The molecule has 0 spiro atoms. The molecule has 0 saturated heterocycles. The summed E-state index contributed by atoms with van der Waals surface area (Å²) in [4.78, 5) is 2.98. The zero-order valence-corrected chi connectivity index (χ0v) is 9.09. The highest BCUT2D eigenvalue weighted by Gasteiger charge is 2.20. The van der Waals surface area contributed by atoms with Crippen LogP contribution in [-0.2, 0) is 0 Å². The number of aromatic amines is 1. The van der Waals surface area contributed by atoms with Crippen LogP contribution in [0.1, 0.15) is 0 Å².